The van der Waals surface area contributed by atoms with Crippen molar-refractivity contribution in [2.75, 3.05) is 0 Å². The molecule has 1 aromatic carbocycles. The molecule has 0 N–H and O–H groups in total. The second-order valence-electron chi connectivity index (χ2n) is 6.89. The molecule has 1 heterocycles. The van der Waals surface area contributed by atoms with Gasteiger partial charge in [0.15, 0.2) is 5.78 Å². The van der Waals surface area contributed by atoms with E-state index >= 15 is 0 Å². The van der Waals surface area contributed by atoms with Crippen molar-refractivity contribution in [1.29, 1.82) is 0 Å². The van der Waals surface area contributed by atoms with Gasteiger partial charge < -0.3 is 4.74 Å². The van der Waals surface area contributed by atoms with Gasteiger partial charge in [0, 0.05) is 29.3 Å². The number of carbonyl (C=O) groups excluding carboxylic acids is 2. The van der Waals surface area contributed by atoms with Crippen molar-refractivity contribution in [1.82, 2.24) is 0 Å². The molecule has 0 saturated carbocycles. The number of hydrogen-bond donors (Lipinski definition) is 0. The van der Waals surface area contributed by atoms with E-state index in [0.29, 0.717) is 29.7 Å². The van der Waals surface area contributed by atoms with Crippen LogP contribution >= 0.6 is 0 Å². The van der Waals surface area contributed by atoms with E-state index in [2.05, 4.69) is 4.99 Å². The van der Waals surface area contributed by atoms with Crippen molar-refractivity contribution in [3.8, 4) is 0 Å². The van der Waals surface area contributed by atoms with Gasteiger partial charge in [-0.05, 0) is 51.3 Å². The summed E-state index contributed by atoms with van der Waals surface area (Å²) in [5.41, 5.74) is 2.51. The lowest BCUT2D eigenvalue weighted by molar-refractivity contribution is -0.150. The van der Waals surface area contributed by atoms with Gasteiger partial charge in [-0.15, -0.1) is 0 Å². The lowest BCUT2D eigenvalue weighted by Crippen LogP contribution is -2.38. The van der Waals surface area contributed by atoms with Crippen LogP contribution in [0.1, 0.15) is 51.5 Å². The number of benzene rings is 1. The summed E-state index contributed by atoms with van der Waals surface area (Å²) in [7, 11) is 0. The Labute approximate surface area is 146 Å². The first kappa shape index (κ1) is 17.5. The smallest absolute Gasteiger partial charge is 0.315 e. The van der Waals surface area contributed by atoms with E-state index in [1.165, 1.54) is 12.1 Å². The lowest BCUT2D eigenvalue weighted by Gasteiger charge is -2.34. The predicted octanol–water partition coefficient (Wildman–Crippen LogP) is 3.96. The topological polar surface area (TPSA) is 55.7 Å². The molecule has 0 saturated heterocycles. The number of ketones is 1. The van der Waals surface area contributed by atoms with Crippen LogP contribution in [0.25, 0.3) is 0 Å². The Bertz CT molecular complexity index is 779. The molecule has 2 atom stereocenters. The van der Waals surface area contributed by atoms with Crippen molar-refractivity contribution in [3.05, 3.63) is 46.9 Å². The molecule has 1 aliphatic carbocycles. The largest absolute Gasteiger partial charge is 0.462 e. The average Bonchev–Trinajstić information content (AvgIpc) is 2.53. The summed E-state index contributed by atoms with van der Waals surface area (Å²) in [4.78, 5) is 29.9. The third-order valence-corrected chi connectivity index (χ3v) is 4.65. The summed E-state index contributed by atoms with van der Waals surface area (Å²) >= 11 is 0. The molecule has 132 valence electrons. The van der Waals surface area contributed by atoms with E-state index in [1.807, 2.05) is 0 Å². The van der Waals surface area contributed by atoms with Gasteiger partial charge in [-0.3, -0.25) is 14.6 Å². The fourth-order valence-corrected chi connectivity index (χ4v) is 3.68. The summed E-state index contributed by atoms with van der Waals surface area (Å²) in [5, 5.41) is 0. The Hall–Kier alpha value is -2.30. The monoisotopic (exact) mass is 343 g/mol. The van der Waals surface area contributed by atoms with E-state index in [0.717, 1.165) is 12.1 Å². The van der Waals surface area contributed by atoms with Gasteiger partial charge in [0.1, 0.15) is 11.7 Å². The molecular formula is C20H22FNO3. The molecule has 0 radical (unpaired) electrons. The molecule has 5 heteroatoms. The zero-order chi connectivity index (χ0) is 18.1. The number of aliphatic imine (C=N–C) groups is 1. The zero-order valence-corrected chi connectivity index (χ0v) is 14.7. The molecule has 3 rings (SSSR count). The SMILES string of the molecule is CC1=NC2=C(C(=O)CCC2)[C@H](c2cccc(F)c2)C1C(=O)OC(C)C. The Morgan fingerprint density at radius 3 is 2.76 bits per heavy atom. The van der Waals surface area contributed by atoms with Crippen LogP contribution in [0.3, 0.4) is 0 Å². The van der Waals surface area contributed by atoms with Crippen LogP contribution in [0, 0.1) is 11.7 Å². The number of esters is 1. The second kappa shape index (κ2) is 6.90. The maximum atomic E-state index is 13.8. The molecule has 0 aromatic heterocycles. The lowest BCUT2D eigenvalue weighted by atomic mass is 9.72. The van der Waals surface area contributed by atoms with E-state index in [1.54, 1.807) is 32.9 Å². The molecule has 4 nitrogen and oxygen atoms in total. The highest BCUT2D eigenvalue weighted by atomic mass is 19.1. The maximum absolute atomic E-state index is 13.8. The minimum absolute atomic E-state index is 0.00546. The second-order valence-corrected chi connectivity index (χ2v) is 6.89. The number of carbonyl (C=O) groups is 2. The first-order chi connectivity index (χ1) is 11.9. The highest BCUT2D eigenvalue weighted by molar-refractivity contribution is 6.08. The third kappa shape index (κ3) is 3.41. The quantitative estimate of drug-likeness (QED) is 0.781. The maximum Gasteiger partial charge on any atom is 0.315 e. The number of hydrogen-bond acceptors (Lipinski definition) is 4. The van der Waals surface area contributed by atoms with Gasteiger partial charge in [0.25, 0.3) is 0 Å². The summed E-state index contributed by atoms with van der Waals surface area (Å²) in [6, 6.07) is 6.11. The van der Waals surface area contributed by atoms with Gasteiger partial charge in [0.2, 0.25) is 0 Å². The Balaban J connectivity index is 2.14. The van der Waals surface area contributed by atoms with Crippen molar-refractivity contribution in [2.24, 2.45) is 10.9 Å². The minimum atomic E-state index is -0.704. The number of ether oxygens (including phenoxy) is 1. The Morgan fingerprint density at radius 1 is 1.32 bits per heavy atom. The van der Waals surface area contributed by atoms with Crippen molar-refractivity contribution in [2.45, 2.75) is 52.1 Å². The molecule has 1 aliphatic heterocycles. The first-order valence-electron chi connectivity index (χ1n) is 8.66. The molecule has 1 unspecified atom stereocenters. The summed E-state index contributed by atoms with van der Waals surface area (Å²) < 4.78 is 19.2. The third-order valence-electron chi connectivity index (χ3n) is 4.65. The van der Waals surface area contributed by atoms with Crippen LogP contribution in [0.5, 0.6) is 0 Å². The molecule has 0 spiro atoms. The van der Waals surface area contributed by atoms with E-state index in [-0.39, 0.29) is 17.7 Å². The van der Waals surface area contributed by atoms with Gasteiger partial charge in [0.05, 0.1) is 6.10 Å². The molecule has 2 aliphatic rings. The highest BCUT2D eigenvalue weighted by Crippen LogP contribution is 2.43. The van der Waals surface area contributed by atoms with Gasteiger partial charge in [-0.1, -0.05) is 12.1 Å². The summed E-state index contributed by atoms with van der Waals surface area (Å²) in [6.07, 6.45) is 1.62. The van der Waals surface area contributed by atoms with Crippen molar-refractivity contribution >= 4 is 17.5 Å². The van der Waals surface area contributed by atoms with Gasteiger partial charge in [-0.2, -0.15) is 0 Å². The molecular weight excluding hydrogens is 321 g/mol. The van der Waals surface area contributed by atoms with Crippen LogP contribution in [0.4, 0.5) is 4.39 Å². The number of Topliss-reactive ketones (excluding diaryl/α,β-unsaturated/α-hetero) is 1. The van der Waals surface area contributed by atoms with Crippen molar-refractivity contribution < 1.29 is 18.7 Å². The molecule has 25 heavy (non-hydrogen) atoms. The normalized spacial score (nSPS) is 23.4. The standard InChI is InChI=1S/C20H22FNO3/c1-11(2)25-20(24)17-12(3)22-15-8-5-9-16(23)19(15)18(17)13-6-4-7-14(21)10-13/h4,6-7,10-11,17-18H,5,8-9H2,1-3H3/t17?,18-/m1/s1. The number of rotatable bonds is 3. The number of halogens is 1. The number of allylic oxidation sites excluding steroid dienone is 2. The van der Waals surface area contributed by atoms with Gasteiger partial charge >= 0.3 is 5.97 Å². The molecule has 0 amide bonds. The summed E-state index contributed by atoms with van der Waals surface area (Å²) in [6.45, 7) is 5.34. The fraction of sp³-hybridized carbons (Fsp3) is 0.450. The van der Waals surface area contributed by atoms with Crippen LogP contribution in [-0.4, -0.2) is 23.6 Å². The van der Waals surface area contributed by atoms with E-state index in [4.69, 9.17) is 4.74 Å². The average molecular weight is 343 g/mol. The first-order valence-corrected chi connectivity index (χ1v) is 8.66. The molecule has 0 bridgehead atoms. The minimum Gasteiger partial charge on any atom is -0.462 e. The molecule has 1 aromatic rings. The number of nitrogens with zero attached hydrogens (tertiary/aromatic N) is 1. The van der Waals surface area contributed by atoms with Crippen LogP contribution < -0.4 is 0 Å². The van der Waals surface area contributed by atoms with E-state index in [9.17, 15) is 14.0 Å². The van der Waals surface area contributed by atoms with Crippen molar-refractivity contribution in [3.63, 3.8) is 0 Å². The molecule has 0 fully saturated rings. The van der Waals surface area contributed by atoms with Crippen LogP contribution in [0.2, 0.25) is 0 Å². The highest BCUT2D eigenvalue weighted by Gasteiger charge is 2.43. The van der Waals surface area contributed by atoms with Gasteiger partial charge in [-0.25, -0.2) is 4.39 Å². The van der Waals surface area contributed by atoms with Crippen LogP contribution in [0.15, 0.2) is 40.5 Å². The fourth-order valence-electron chi connectivity index (χ4n) is 3.68. The van der Waals surface area contributed by atoms with Crippen LogP contribution in [-0.2, 0) is 14.3 Å². The Kier molecular flexibility index (Phi) is 4.84. The predicted molar refractivity (Wildman–Crippen MR) is 92.9 cm³/mol. The Morgan fingerprint density at radius 2 is 2.08 bits per heavy atom. The van der Waals surface area contributed by atoms with E-state index < -0.39 is 17.8 Å². The zero-order valence-electron chi connectivity index (χ0n) is 14.7. The summed E-state index contributed by atoms with van der Waals surface area (Å²) in [5.74, 6) is -2.06.